The first-order valence-electron chi connectivity index (χ1n) is 11.2. The normalized spacial score (nSPS) is 40.4. The topological polar surface area (TPSA) is 29.5 Å². The van der Waals surface area contributed by atoms with E-state index in [-0.39, 0.29) is 12.7 Å². The van der Waals surface area contributed by atoms with Gasteiger partial charge in [0.15, 0.2) is 0 Å². The third-order valence-electron chi connectivity index (χ3n) is 7.34. The molecule has 1 saturated heterocycles. The van der Waals surface area contributed by atoms with Gasteiger partial charge in [0.2, 0.25) is 0 Å². The summed E-state index contributed by atoms with van der Waals surface area (Å²) in [5.41, 5.74) is 0. The number of hydrogen-bond donors (Lipinski definition) is 1. The number of aliphatic hydroxyl groups excluding tert-OH is 1. The Labute approximate surface area is 155 Å². The van der Waals surface area contributed by atoms with Crippen molar-refractivity contribution in [3.05, 3.63) is 12.2 Å². The number of rotatable bonds is 6. The second kappa shape index (κ2) is 10.1. The lowest BCUT2D eigenvalue weighted by molar-refractivity contribution is -0.0331. The summed E-state index contributed by atoms with van der Waals surface area (Å²) in [4.78, 5) is 0. The van der Waals surface area contributed by atoms with Crippen molar-refractivity contribution < 1.29 is 9.84 Å². The Morgan fingerprint density at radius 2 is 1.40 bits per heavy atom. The van der Waals surface area contributed by atoms with Gasteiger partial charge >= 0.3 is 0 Å². The average molecular weight is 349 g/mol. The van der Waals surface area contributed by atoms with Crippen molar-refractivity contribution >= 4 is 0 Å². The molecule has 0 radical (unpaired) electrons. The highest BCUT2D eigenvalue weighted by molar-refractivity contribution is 4.96. The molecule has 1 N–H and O–H groups in total. The minimum atomic E-state index is 0.0903. The first-order valence-corrected chi connectivity index (χ1v) is 11.2. The molecule has 0 aromatic heterocycles. The molecule has 2 unspecified atom stereocenters. The van der Waals surface area contributed by atoms with Crippen LogP contribution in [0, 0.1) is 29.6 Å². The lowest BCUT2D eigenvalue weighted by Gasteiger charge is -2.37. The maximum atomic E-state index is 9.14. The van der Waals surface area contributed by atoms with Crippen molar-refractivity contribution in [2.24, 2.45) is 29.6 Å². The van der Waals surface area contributed by atoms with Crippen LogP contribution in [0.15, 0.2) is 12.2 Å². The molecule has 0 amide bonds. The summed E-state index contributed by atoms with van der Waals surface area (Å²) >= 11 is 0. The van der Waals surface area contributed by atoms with E-state index in [9.17, 15) is 0 Å². The van der Waals surface area contributed by atoms with Crippen LogP contribution >= 0.6 is 0 Å². The third-order valence-corrected chi connectivity index (χ3v) is 7.34. The highest BCUT2D eigenvalue weighted by Gasteiger charge is 2.30. The van der Waals surface area contributed by atoms with Gasteiger partial charge in [-0.15, -0.1) is 0 Å². The highest BCUT2D eigenvalue weighted by atomic mass is 16.5. The Balaban J connectivity index is 1.34. The van der Waals surface area contributed by atoms with Gasteiger partial charge in [-0.2, -0.15) is 0 Å². The van der Waals surface area contributed by atoms with Crippen LogP contribution in [0.25, 0.3) is 0 Å². The molecule has 3 aliphatic rings. The van der Waals surface area contributed by atoms with E-state index in [1.54, 1.807) is 0 Å². The summed E-state index contributed by atoms with van der Waals surface area (Å²) in [7, 11) is 0. The fourth-order valence-corrected chi connectivity index (χ4v) is 5.60. The Hall–Kier alpha value is -0.340. The second-order valence-electron chi connectivity index (χ2n) is 9.10. The Bertz CT molecular complexity index is 381. The smallest absolute Gasteiger partial charge is 0.0806 e. The fourth-order valence-electron chi connectivity index (χ4n) is 5.60. The molecule has 144 valence electrons. The molecule has 1 heterocycles. The van der Waals surface area contributed by atoms with Crippen LogP contribution < -0.4 is 0 Å². The van der Waals surface area contributed by atoms with Gasteiger partial charge in [-0.3, -0.25) is 0 Å². The van der Waals surface area contributed by atoms with E-state index in [4.69, 9.17) is 9.84 Å². The summed E-state index contributed by atoms with van der Waals surface area (Å²) in [5, 5.41) is 9.14. The molecule has 1 aliphatic heterocycles. The van der Waals surface area contributed by atoms with Crippen molar-refractivity contribution in [1.82, 2.24) is 0 Å². The molecule has 3 rings (SSSR count). The SMILES string of the molecule is CCCC1CCC(C2CCC(/C=C/C3CCC(CO)OC3)CC2)CC1. The summed E-state index contributed by atoms with van der Waals surface area (Å²) in [6.45, 7) is 3.32. The highest BCUT2D eigenvalue weighted by Crippen LogP contribution is 2.42. The van der Waals surface area contributed by atoms with Crippen LogP contribution in [-0.2, 0) is 4.74 Å². The lowest BCUT2D eigenvalue weighted by atomic mass is 9.68. The van der Waals surface area contributed by atoms with Crippen LogP contribution in [0.2, 0.25) is 0 Å². The molecular weight excluding hydrogens is 308 g/mol. The van der Waals surface area contributed by atoms with Crippen molar-refractivity contribution in [3.8, 4) is 0 Å². The first-order chi connectivity index (χ1) is 12.3. The van der Waals surface area contributed by atoms with Crippen molar-refractivity contribution in [2.75, 3.05) is 13.2 Å². The van der Waals surface area contributed by atoms with Crippen LogP contribution in [-0.4, -0.2) is 24.4 Å². The van der Waals surface area contributed by atoms with Gasteiger partial charge in [0, 0.05) is 5.92 Å². The van der Waals surface area contributed by atoms with E-state index >= 15 is 0 Å². The first kappa shape index (κ1) is 19.4. The molecule has 2 saturated carbocycles. The quantitative estimate of drug-likeness (QED) is 0.620. The zero-order chi connectivity index (χ0) is 17.5. The Kier molecular flexibility index (Phi) is 7.86. The molecule has 0 spiro atoms. The summed E-state index contributed by atoms with van der Waals surface area (Å²) in [6, 6.07) is 0. The standard InChI is InChI=1S/C23H40O2/c1-2-3-18-6-11-21(12-7-18)22-13-8-19(9-14-22)4-5-20-10-15-23(16-24)25-17-20/h4-5,18-24H,2-3,6-17H2,1H3/b5-4+. The zero-order valence-corrected chi connectivity index (χ0v) is 16.4. The molecule has 2 atom stereocenters. The number of aliphatic hydroxyl groups is 1. The zero-order valence-electron chi connectivity index (χ0n) is 16.4. The van der Waals surface area contributed by atoms with E-state index in [0.717, 1.165) is 36.7 Å². The molecule has 3 fully saturated rings. The predicted molar refractivity (Wildman–Crippen MR) is 104 cm³/mol. The molecule has 2 aliphatic carbocycles. The molecule has 25 heavy (non-hydrogen) atoms. The van der Waals surface area contributed by atoms with Crippen molar-refractivity contribution in [2.45, 2.75) is 90.1 Å². The summed E-state index contributed by atoms with van der Waals surface area (Å²) in [6.07, 6.45) is 21.8. The number of ether oxygens (including phenoxy) is 1. The largest absolute Gasteiger partial charge is 0.394 e. The van der Waals surface area contributed by atoms with Gasteiger partial charge in [-0.1, -0.05) is 44.8 Å². The van der Waals surface area contributed by atoms with Crippen LogP contribution in [0.1, 0.15) is 84.0 Å². The van der Waals surface area contributed by atoms with E-state index < -0.39 is 0 Å². The lowest BCUT2D eigenvalue weighted by Crippen LogP contribution is -2.28. The monoisotopic (exact) mass is 348 g/mol. The molecule has 0 aromatic rings. The summed E-state index contributed by atoms with van der Waals surface area (Å²) < 4.78 is 5.70. The van der Waals surface area contributed by atoms with Gasteiger partial charge in [-0.05, 0) is 75.0 Å². The van der Waals surface area contributed by atoms with Gasteiger partial charge in [-0.25, -0.2) is 0 Å². The van der Waals surface area contributed by atoms with Crippen LogP contribution in [0.5, 0.6) is 0 Å². The summed E-state index contributed by atoms with van der Waals surface area (Å²) in [5.74, 6) is 4.50. The molecule has 0 bridgehead atoms. The molecular formula is C23H40O2. The molecule has 0 aromatic carbocycles. The minimum absolute atomic E-state index is 0.0903. The van der Waals surface area contributed by atoms with E-state index in [1.807, 2.05) is 0 Å². The Morgan fingerprint density at radius 1 is 0.800 bits per heavy atom. The third kappa shape index (κ3) is 5.82. The van der Waals surface area contributed by atoms with E-state index in [2.05, 4.69) is 19.1 Å². The maximum absolute atomic E-state index is 9.14. The van der Waals surface area contributed by atoms with E-state index in [1.165, 1.54) is 70.6 Å². The average Bonchev–Trinajstić information content (AvgIpc) is 2.68. The number of allylic oxidation sites excluding steroid dienone is 1. The molecule has 2 nitrogen and oxygen atoms in total. The Morgan fingerprint density at radius 3 is 1.96 bits per heavy atom. The fraction of sp³-hybridized carbons (Fsp3) is 0.913. The minimum Gasteiger partial charge on any atom is -0.394 e. The van der Waals surface area contributed by atoms with Crippen LogP contribution in [0.3, 0.4) is 0 Å². The van der Waals surface area contributed by atoms with Gasteiger partial charge in [0.25, 0.3) is 0 Å². The van der Waals surface area contributed by atoms with E-state index in [0.29, 0.717) is 5.92 Å². The van der Waals surface area contributed by atoms with Crippen molar-refractivity contribution in [3.63, 3.8) is 0 Å². The second-order valence-corrected chi connectivity index (χ2v) is 9.10. The van der Waals surface area contributed by atoms with Gasteiger partial charge < -0.3 is 9.84 Å². The van der Waals surface area contributed by atoms with Gasteiger partial charge in [0.05, 0.1) is 19.3 Å². The van der Waals surface area contributed by atoms with Crippen LogP contribution in [0.4, 0.5) is 0 Å². The van der Waals surface area contributed by atoms with Crippen molar-refractivity contribution in [1.29, 1.82) is 0 Å². The molecule has 2 heteroatoms. The predicted octanol–water partition coefficient (Wildman–Crippen LogP) is 5.74. The maximum Gasteiger partial charge on any atom is 0.0806 e. The number of hydrogen-bond acceptors (Lipinski definition) is 2. The van der Waals surface area contributed by atoms with Gasteiger partial charge in [0.1, 0.15) is 0 Å².